The van der Waals surface area contributed by atoms with Crippen molar-refractivity contribution < 1.29 is 24.6 Å². The summed E-state index contributed by atoms with van der Waals surface area (Å²) in [5.74, 6) is -3.26. The minimum Gasteiger partial charge on any atom is -0.481 e. The maximum Gasteiger partial charge on any atom is 0.326 e. The van der Waals surface area contributed by atoms with Gasteiger partial charge in [-0.05, 0) is 31.5 Å². The average molecular weight is 294 g/mol. The molecule has 1 rings (SSSR count). The van der Waals surface area contributed by atoms with Gasteiger partial charge in [0.15, 0.2) is 0 Å². The van der Waals surface area contributed by atoms with E-state index in [1.165, 1.54) is 0 Å². The minimum atomic E-state index is -1.47. The monoisotopic (exact) mass is 294 g/mol. The van der Waals surface area contributed by atoms with Gasteiger partial charge in [-0.2, -0.15) is 0 Å². The van der Waals surface area contributed by atoms with E-state index in [1.54, 1.807) is 38.1 Å². The molecule has 0 saturated carbocycles. The van der Waals surface area contributed by atoms with E-state index >= 15 is 0 Å². The van der Waals surface area contributed by atoms with Crippen LogP contribution in [0.25, 0.3) is 0 Å². The van der Waals surface area contributed by atoms with E-state index < -0.39 is 35.7 Å². The largest absolute Gasteiger partial charge is 0.481 e. The molecule has 0 aliphatic heterocycles. The van der Waals surface area contributed by atoms with Crippen molar-refractivity contribution in [2.24, 2.45) is 0 Å². The van der Waals surface area contributed by atoms with Gasteiger partial charge in [-0.15, -0.1) is 0 Å². The standard InChI is InChI=1S/C14H18N2O5/c1-14(2,8-3-5-9(15)6-4-8)13(21)16-10(12(19)20)7-11(17)18/h3-6,10H,7,15H2,1-2H3,(H,16,21)(H,17,18)(H,19,20). The predicted molar refractivity (Wildman–Crippen MR) is 75.7 cm³/mol. The van der Waals surface area contributed by atoms with E-state index in [4.69, 9.17) is 15.9 Å². The van der Waals surface area contributed by atoms with Crippen LogP contribution in [0.1, 0.15) is 25.8 Å². The summed E-state index contributed by atoms with van der Waals surface area (Å²) in [7, 11) is 0. The fourth-order valence-electron chi connectivity index (χ4n) is 1.74. The fourth-order valence-corrected chi connectivity index (χ4v) is 1.74. The van der Waals surface area contributed by atoms with Crippen LogP contribution in [0.3, 0.4) is 0 Å². The number of nitrogens with two attached hydrogens (primary N) is 1. The normalized spacial score (nSPS) is 12.5. The lowest BCUT2D eigenvalue weighted by Gasteiger charge is -2.26. The second-order valence-electron chi connectivity index (χ2n) is 5.21. The van der Waals surface area contributed by atoms with Crippen LogP contribution in [0, 0.1) is 0 Å². The number of carboxylic acids is 2. The summed E-state index contributed by atoms with van der Waals surface area (Å²) in [5.41, 5.74) is 5.76. The van der Waals surface area contributed by atoms with Gasteiger partial charge in [-0.25, -0.2) is 4.79 Å². The molecule has 1 atom stereocenters. The molecule has 0 aromatic heterocycles. The molecule has 0 aliphatic rings. The van der Waals surface area contributed by atoms with Crippen molar-refractivity contribution in [3.63, 3.8) is 0 Å². The number of amides is 1. The Morgan fingerprint density at radius 2 is 1.71 bits per heavy atom. The molecule has 1 aromatic rings. The molecule has 114 valence electrons. The van der Waals surface area contributed by atoms with Gasteiger partial charge in [-0.1, -0.05) is 12.1 Å². The van der Waals surface area contributed by atoms with Crippen LogP contribution in [0.15, 0.2) is 24.3 Å². The van der Waals surface area contributed by atoms with E-state index in [0.29, 0.717) is 11.3 Å². The Morgan fingerprint density at radius 1 is 1.19 bits per heavy atom. The lowest BCUT2D eigenvalue weighted by molar-refractivity contribution is -0.147. The van der Waals surface area contributed by atoms with Crippen molar-refractivity contribution in [3.05, 3.63) is 29.8 Å². The molecule has 0 spiro atoms. The molecular weight excluding hydrogens is 276 g/mol. The average Bonchev–Trinajstić information content (AvgIpc) is 2.37. The van der Waals surface area contributed by atoms with Gasteiger partial charge in [0.2, 0.25) is 5.91 Å². The van der Waals surface area contributed by atoms with Gasteiger partial charge in [-0.3, -0.25) is 9.59 Å². The van der Waals surface area contributed by atoms with Gasteiger partial charge in [0.25, 0.3) is 0 Å². The molecule has 7 heteroatoms. The van der Waals surface area contributed by atoms with Crippen molar-refractivity contribution in [2.45, 2.75) is 31.7 Å². The Morgan fingerprint density at radius 3 is 2.14 bits per heavy atom. The van der Waals surface area contributed by atoms with Gasteiger partial charge in [0, 0.05) is 5.69 Å². The maximum absolute atomic E-state index is 12.2. The maximum atomic E-state index is 12.2. The SMILES string of the molecule is CC(C)(C(=O)NC(CC(=O)O)C(=O)O)c1ccc(N)cc1. The topological polar surface area (TPSA) is 130 Å². The number of nitrogen functional groups attached to an aromatic ring is 1. The van der Waals surface area contributed by atoms with Gasteiger partial charge in [0.1, 0.15) is 6.04 Å². The Hall–Kier alpha value is -2.57. The van der Waals surface area contributed by atoms with Crippen molar-refractivity contribution >= 4 is 23.5 Å². The van der Waals surface area contributed by atoms with Crippen molar-refractivity contribution in [1.29, 1.82) is 0 Å². The molecule has 0 radical (unpaired) electrons. The number of carbonyl (C=O) groups excluding carboxylic acids is 1. The number of rotatable bonds is 6. The lowest BCUT2D eigenvalue weighted by Crippen LogP contribution is -2.49. The Labute approximate surface area is 121 Å². The quantitative estimate of drug-likeness (QED) is 0.568. The highest BCUT2D eigenvalue weighted by Gasteiger charge is 2.33. The van der Waals surface area contributed by atoms with Crippen LogP contribution in [0.4, 0.5) is 5.69 Å². The first-order chi connectivity index (χ1) is 9.64. The number of carboxylic acid groups (broad SMARTS) is 2. The highest BCUT2D eigenvalue weighted by Crippen LogP contribution is 2.24. The molecule has 0 fully saturated rings. The molecule has 5 N–H and O–H groups in total. The van der Waals surface area contributed by atoms with E-state index in [1.807, 2.05) is 0 Å². The number of benzene rings is 1. The summed E-state index contributed by atoms with van der Waals surface area (Å²) >= 11 is 0. The second-order valence-corrected chi connectivity index (χ2v) is 5.21. The number of nitrogens with one attached hydrogen (secondary N) is 1. The van der Waals surface area contributed by atoms with Gasteiger partial charge in [0.05, 0.1) is 11.8 Å². The first-order valence-corrected chi connectivity index (χ1v) is 6.26. The van der Waals surface area contributed by atoms with E-state index in [-0.39, 0.29) is 0 Å². The molecule has 1 aromatic carbocycles. The minimum absolute atomic E-state index is 0.546. The second kappa shape index (κ2) is 6.25. The third-order valence-corrected chi connectivity index (χ3v) is 3.18. The van der Waals surface area contributed by atoms with Crippen molar-refractivity contribution in [1.82, 2.24) is 5.32 Å². The summed E-state index contributed by atoms with van der Waals surface area (Å²) in [6.07, 6.45) is -0.682. The molecule has 1 unspecified atom stereocenters. The van der Waals surface area contributed by atoms with Crippen LogP contribution in [0.5, 0.6) is 0 Å². The zero-order valence-corrected chi connectivity index (χ0v) is 11.8. The molecule has 1 amide bonds. The van der Waals surface area contributed by atoms with Crippen LogP contribution in [0.2, 0.25) is 0 Å². The van der Waals surface area contributed by atoms with E-state index in [9.17, 15) is 14.4 Å². The molecule has 21 heavy (non-hydrogen) atoms. The Balaban J connectivity index is 2.91. The fraction of sp³-hybridized carbons (Fsp3) is 0.357. The van der Waals surface area contributed by atoms with Crippen LogP contribution in [-0.4, -0.2) is 34.1 Å². The number of anilines is 1. The zero-order chi connectivity index (χ0) is 16.2. The molecule has 0 aliphatic carbocycles. The zero-order valence-electron chi connectivity index (χ0n) is 11.8. The Bertz CT molecular complexity index is 551. The van der Waals surface area contributed by atoms with Crippen LogP contribution < -0.4 is 11.1 Å². The number of carbonyl (C=O) groups is 3. The molecule has 0 saturated heterocycles. The van der Waals surface area contributed by atoms with E-state index in [0.717, 1.165) is 0 Å². The first kappa shape index (κ1) is 16.5. The molecule has 7 nitrogen and oxygen atoms in total. The molecule has 0 heterocycles. The van der Waals surface area contributed by atoms with Crippen LogP contribution >= 0.6 is 0 Å². The highest BCUT2D eigenvalue weighted by atomic mass is 16.4. The predicted octanol–water partition coefficient (Wildman–Crippen LogP) is 0.590. The Kier molecular flexibility index (Phi) is 4.91. The van der Waals surface area contributed by atoms with Gasteiger partial charge >= 0.3 is 11.9 Å². The number of hydrogen-bond acceptors (Lipinski definition) is 4. The van der Waals surface area contributed by atoms with E-state index in [2.05, 4.69) is 5.32 Å². The summed E-state index contributed by atoms with van der Waals surface area (Å²) in [6, 6.07) is 5.14. The van der Waals surface area contributed by atoms with Crippen LogP contribution in [-0.2, 0) is 19.8 Å². The molecule has 0 bridgehead atoms. The first-order valence-electron chi connectivity index (χ1n) is 6.26. The molecular formula is C14H18N2O5. The third-order valence-electron chi connectivity index (χ3n) is 3.18. The number of aliphatic carboxylic acids is 2. The van der Waals surface area contributed by atoms with Gasteiger partial charge < -0.3 is 21.3 Å². The summed E-state index contributed by atoms with van der Waals surface area (Å²) in [5, 5.41) is 19.9. The number of hydrogen-bond donors (Lipinski definition) is 4. The summed E-state index contributed by atoms with van der Waals surface area (Å²) in [6.45, 7) is 3.24. The van der Waals surface area contributed by atoms with Crippen molar-refractivity contribution in [3.8, 4) is 0 Å². The third kappa shape index (κ3) is 4.20. The lowest BCUT2D eigenvalue weighted by atomic mass is 9.83. The van der Waals surface area contributed by atoms with Crippen molar-refractivity contribution in [2.75, 3.05) is 5.73 Å². The smallest absolute Gasteiger partial charge is 0.326 e. The summed E-state index contributed by atoms with van der Waals surface area (Å²) in [4.78, 5) is 33.9. The summed E-state index contributed by atoms with van der Waals surface area (Å²) < 4.78 is 0. The highest BCUT2D eigenvalue weighted by molar-refractivity contribution is 5.92.